The molecule has 6 heteroatoms. The molecule has 0 spiro atoms. The molecule has 1 fully saturated rings. The van der Waals surface area contributed by atoms with E-state index in [0.717, 1.165) is 42.8 Å². The molecular weight excluding hydrogens is 322 g/mol. The molecule has 106 valence electrons. The lowest BCUT2D eigenvalue weighted by atomic mass is 10.2. The third-order valence-electron chi connectivity index (χ3n) is 3.39. The predicted molar refractivity (Wildman–Crippen MR) is 79.8 cm³/mol. The van der Waals surface area contributed by atoms with Crippen molar-refractivity contribution in [3.8, 4) is 6.07 Å². The summed E-state index contributed by atoms with van der Waals surface area (Å²) in [6.45, 7) is 3.34. The quantitative estimate of drug-likeness (QED) is 0.912. The number of nitrogens with zero attached hydrogens (tertiary/aromatic N) is 3. The lowest BCUT2D eigenvalue weighted by molar-refractivity contribution is -0.138. The zero-order valence-corrected chi connectivity index (χ0v) is 12.6. The molecule has 0 saturated carbocycles. The monoisotopic (exact) mass is 337 g/mol. The van der Waals surface area contributed by atoms with E-state index < -0.39 is 5.97 Å². The van der Waals surface area contributed by atoms with Crippen molar-refractivity contribution in [1.29, 1.82) is 5.26 Å². The number of benzene rings is 1. The minimum atomic E-state index is -0.778. The average molecular weight is 338 g/mol. The number of anilines is 1. The standard InChI is InChI=1S/C14H16BrN3O2/c15-13-8-12(3-2-11(13)9-16)18-5-1-4-17(6-7-18)10-14(19)20/h2-3,8H,1,4-7,10H2,(H,19,20). The largest absolute Gasteiger partial charge is 0.480 e. The van der Waals surface area contributed by atoms with Crippen molar-refractivity contribution in [3.63, 3.8) is 0 Å². The van der Waals surface area contributed by atoms with Gasteiger partial charge in [-0.3, -0.25) is 9.69 Å². The number of carboxylic acid groups (broad SMARTS) is 1. The number of nitriles is 1. The highest BCUT2D eigenvalue weighted by atomic mass is 79.9. The van der Waals surface area contributed by atoms with Gasteiger partial charge in [0.2, 0.25) is 0 Å². The van der Waals surface area contributed by atoms with E-state index in [9.17, 15) is 4.79 Å². The average Bonchev–Trinajstić information content (AvgIpc) is 2.63. The van der Waals surface area contributed by atoms with E-state index in [4.69, 9.17) is 10.4 Å². The summed E-state index contributed by atoms with van der Waals surface area (Å²) in [4.78, 5) is 14.9. The summed E-state index contributed by atoms with van der Waals surface area (Å²) in [7, 11) is 0. The van der Waals surface area contributed by atoms with Crippen LogP contribution >= 0.6 is 15.9 Å². The Morgan fingerprint density at radius 3 is 2.80 bits per heavy atom. The van der Waals surface area contributed by atoms with Crippen LogP contribution in [0.25, 0.3) is 0 Å². The molecule has 0 aliphatic carbocycles. The van der Waals surface area contributed by atoms with Crippen LogP contribution in [0.2, 0.25) is 0 Å². The maximum Gasteiger partial charge on any atom is 0.317 e. The lowest BCUT2D eigenvalue weighted by Crippen LogP contribution is -2.34. The number of aliphatic carboxylic acids is 1. The third kappa shape index (κ3) is 3.71. The fourth-order valence-corrected chi connectivity index (χ4v) is 2.83. The second kappa shape index (κ2) is 6.73. The van der Waals surface area contributed by atoms with Crippen LogP contribution < -0.4 is 4.90 Å². The predicted octanol–water partition coefficient (Wildman–Crippen LogP) is 1.92. The summed E-state index contributed by atoms with van der Waals surface area (Å²) in [5.41, 5.74) is 1.68. The van der Waals surface area contributed by atoms with Crippen LogP contribution in [0.3, 0.4) is 0 Å². The van der Waals surface area contributed by atoms with Gasteiger partial charge in [0.25, 0.3) is 0 Å². The molecule has 2 rings (SSSR count). The first-order chi connectivity index (χ1) is 9.60. The van der Waals surface area contributed by atoms with Gasteiger partial charge in [-0.15, -0.1) is 0 Å². The number of hydrogen-bond acceptors (Lipinski definition) is 4. The summed E-state index contributed by atoms with van der Waals surface area (Å²) < 4.78 is 0.795. The van der Waals surface area contributed by atoms with Crippen molar-refractivity contribution in [3.05, 3.63) is 28.2 Å². The van der Waals surface area contributed by atoms with Gasteiger partial charge in [-0.1, -0.05) is 0 Å². The molecule has 5 nitrogen and oxygen atoms in total. The van der Waals surface area contributed by atoms with Gasteiger partial charge in [0.05, 0.1) is 12.1 Å². The second-order valence-corrected chi connectivity index (χ2v) is 5.64. The van der Waals surface area contributed by atoms with E-state index in [1.54, 1.807) is 6.07 Å². The Bertz CT molecular complexity index is 542. The third-order valence-corrected chi connectivity index (χ3v) is 4.04. The number of rotatable bonds is 3. The molecule has 1 aliphatic heterocycles. The zero-order chi connectivity index (χ0) is 14.5. The molecule has 20 heavy (non-hydrogen) atoms. The fourth-order valence-electron chi connectivity index (χ4n) is 2.37. The van der Waals surface area contributed by atoms with Crippen molar-refractivity contribution in [2.75, 3.05) is 37.6 Å². The highest BCUT2D eigenvalue weighted by Crippen LogP contribution is 2.24. The van der Waals surface area contributed by atoms with Gasteiger partial charge in [-0.05, 0) is 40.5 Å². The van der Waals surface area contributed by atoms with E-state index in [2.05, 4.69) is 26.9 Å². The van der Waals surface area contributed by atoms with Crippen molar-refractivity contribution in [2.24, 2.45) is 0 Å². The maximum absolute atomic E-state index is 10.8. The van der Waals surface area contributed by atoms with Crippen molar-refractivity contribution in [1.82, 2.24) is 4.90 Å². The van der Waals surface area contributed by atoms with Gasteiger partial charge < -0.3 is 10.0 Å². The summed E-state index contributed by atoms with van der Waals surface area (Å²) in [6.07, 6.45) is 0.935. The molecule has 0 unspecified atom stereocenters. The Morgan fingerprint density at radius 1 is 1.35 bits per heavy atom. The Balaban J connectivity index is 2.05. The number of carboxylic acids is 1. The summed E-state index contributed by atoms with van der Waals surface area (Å²) in [5.74, 6) is -0.778. The van der Waals surface area contributed by atoms with Gasteiger partial charge in [-0.25, -0.2) is 0 Å². The highest BCUT2D eigenvalue weighted by molar-refractivity contribution is 9.10. The Morgan fingerprint density at radius 2 is 2.15 bits per heavy atom. The molecule has 0 aromatic heterocycles. The zero-order valence-electron chi connectivity index (χ0n) is 11.0. The smallest absolute Gasteiger partial charge is 0.317 e. The van der Waals surface area contributed by atoms with E-state index in [1.165, 1.54) is 0 Å². The number of hydrogen-bond donors (Lipinski definition) is 1. The summed E-state index contributed by atoms with van der Waals surface area (Å²) in [6, 6.07) is 7.82. The minimum absolute atomic E-state index is 0.102. The maximum atomic E-state index is 10.8. The topological polar surface area (TPSA) is 67.6 Å². The molecule has 0 radical (unpaired) electrons. The normalized spacial score (nSPS) is 16.5. The van der Waals surface area contributed by atoms with Crippen LogP contribution in [0.4, 0.5) is 5.69 Å². The van der Waals surface area contributed by atoms with Gasteiger partial charge in [0, 0.05) is 36.3 Å². The summed E-state index contributed by atoms with van der Waals surface area (Å²) in [5, 5.41) is 17.8. The van der Waals surface area contributed by atoms with Gasteiger partial charge in [-0.2, -0.15) is 5.26 Å². The molecule has 1 aromatic rings. The molecule has 0 bridgehead atoms. The van der Waals surface area contributed by atoms with Crippen LogP contribution in [-0.4, -0.2) is 48.7 Å². The highest BCUT2D eigenvalue weighted by Gasteiger charge is 2.17. The van der Waals surface area contributed by atoms with Crippen LogP contribution in [-0.2, 0) is 4.79 Å². The SMILES string of the molecule is N#Cc1ccc(N2CCCN(CC(=O)O)CC2)cc1Br. The first-order valence-electron chi connectivity index (χ1n) is 6.49. The minimum Gasteiger partial charge on any atom is -0.480 e. The molecule has 0 amide bonds. The van der Waals surface area contributed by atoms with Gasteiger partial charge in [0.15, 0.2) is 0 Å². The molecular formula is C14H16BrN3O2. The van der Waals surface area contributed by atoms with Crippen LogP contribution in [0.15, 0.2) is 22.7 Å². The van der Waals surface area contributed by atoms with E-state index in [-0.39, 0.29) is 6.54 Å². The van der Waals surface area contributed by atoms with Gasteiger partial charge >= 0.3 is 5.97 Å². The van der Waals surface area contributed by atoms with Crippen molar-refractivity contribution >= 4 is 27.6 Å². The van der Waals surface area contributed by atoms with E-state index >= 15 is 0 Å². The lowest BCUT2D eigenvalue weighted by Gasteiger charge is -2.23. The summed E-state index contributed by atoms with van der Waals surface area (Å²) >= 11 is 3.40. The van der Waals surface area contributed by atoms with Crippen LogP contribution in [0, 0.1) is 11.3 Å². The van der Waals surface area contributed by atoms with Gasteiger partial charge in [0.1, 0.15) is 6.07 Å². The Hall–Kier alpha value is -1.58. The van der Waals surface area contributed by atoms with E-state index in [1.807, 2.05) is 17.0 Å². The number of halogens is 1. The van der Waals surface area contributed by atoms with E-state index in [0.29, 0.717) is 5.56 Å². The second-order valence-electron chi connectivity index (χ2n) is 4.79. The Labute approximate surface area is 126 Å². The molecule has 0 atom stereocenters. The first-order valence-corrected chi connectivity index (χ1v) is 7.28. The molecule has 1 aromatic carbocycles. The molecule has 1 heterocycles. The molecule has 1 N–H and O–H groups in total. The fraction of sp³-hybridized carbons (Fsp3) is 0.429. The molecule has 1 aliphatic rings. The molecule has 1 saturated heterocycles. The van der Waals surface area contributed by atoms with Crippen molar-refractivity contribution < 1.29 is 9.90 Å². The number of carbonyl (C=O) groups is 1. The Kier molecular flexibility index (Phi) is 4.99. The van der Waals surface area contributed by atoms with Crippen LogP contribution in [0.1, 0.15) is 12.0 Å². The first kappa shape index (κ1) is 14.8. The van der Waals surface area contributed by atoms with Crippen molar-refractivity contribution in [2.45, 2.75) is 6.42 Å². The van der Waals surface area contributed by atoms with Crippen LogP contribution in [0.5, 0.6) is 0 Å².